The van der Waals surface area contributed by atoms with E-state index < -0.39 is 0 Å². The molecule has 0 saturated heterocycles. The Morgan fingerprint density at radius 2 is 2.12 bits per heavy atom. The van der Waals surface area contributed by atoms with Crippen molar-refractivity contribution in [2.24, 2.45) is 0 Å². The molecule has 0 unspecified atom stereocenters. The highest BCUT2D eigenvalue weighted by Gasteiger charge is 2.12. The number of hydrogen-bond donors (Lipinski definition) is 1. The monoisotopic (exact) mass is 383 g/mol. The first-order valence-electron chi connectivity index (χ1n) is 7.55. The van der Waals surface area contributed by atoms with E-state index in [2.05, 4.69) is 15.5 Å². The van der Waals surface area contributed by atoms with Crippen molar-refractivity contribution < 1.29 is 9.59 Å². The number of aromatic nitrogens is 2. The Bertz CT molecular complexity index is 734. The smallest absolute Gasteiger partial charge is 0.226 e. The van der Waals surface area contributed by atoms with E-state index in [0.717, 1.165) is 18.4 Å². The Balaban J connectivity index is 1.87. The molecule has 128 valence electrons. The minimum atomic E-state index is -0.0581. The number of ketones is 1. The summed E-state index contributed by atoms with van der Waals surface area (Å²) in [7, 11) is 0. The van der Waals surface area contributed by atoms with E-state index in [1.54, 1.807) is 18.2 Å². The van der Waals surface area contributed by atoms with Crippen LogP contribution >= 0.6 is 34.7 Å². The van der Waals surface area contributed by atoms with Crippen LogP contribution in [0.15, 0.2) is 22.5 Å². The predicted molar refractivity (Wildman–Crippen MR) is 99.3 cm³/mol. The summed E-state index contributed by atoms with van der Waals surface area (Å²) in [5, 5.41) is 11.8. The predicted octanol–water partition coefficient (Wildman–Crippen LogP) is 4.60. The van der Waals surface area contributed by atoms with Crippen LogP contribution in [0.4, 0.5) is 5.13 Å². The van der Waals surface area contributed by atoms with Gasteiger partial charge in [0.25, 0.3) is 0 Å². The first kappa shape index (κ1) is 18.9. The summed E-state index contributed by atoms with van der Waals surface area (Å²) >= 11 is 8.55. The highest BCUT2D eigenvalue weighted by Crippen LogP contribution is 2.26. The van der Waals surface area contributed by atoms with Gasteiger partial charge in [0.05, 0.1) is 5.75 Å². The van der Waals surface area contributed by atoms with E-state index in [9.17, 15) is 9.59 Å². The number of thioether (sulfide) groups is 1. The molecular formula is C16H18ClN3O2S2. The zero-order chi connectivity index (χ0) is 17.5. The Kier molecular flexibility index (Phi) is 7.20. The molecule has 1 N–H and O–H groups in total. The largest absolute Gasteiger partial charge is 0.301 e. The van der Waals surface area contributed by atoms with Gasteiger partial charge in [0.2, 0.25) is 11.0 Å². The summed E-state index contributed by atoms with van der Waals surface area (Å²) in [6.45, 7) is 3.90. The number of benzene rings is 1. The molecule has 0 aliphatic rings. The molecular weight excluding hydrogens is 366 g/mol. The Hall–Kier alpha value is -1.44. The average Bonchev–Trinajstić information content (AvgIpc) is 3.00. The molecule has 0 radical (unpaired) electrons. The Morgan fingerprint density at radius 1 is 1.33 bits per heavy atom. The number of Topliss-reactive ketones (excluding diaryl/α,β-unsaturated/α-hetero) is 1. The number of amides is 1. The third-order valence-corrected chi connectivity index (χ3v) is 5.61. The topological polar surface area (TPSA) is 72.0 Å². The summed E-state index contributed by atoms with van der Waals surface area (Å²) in [6.07, 6.45) is 2.30. The number of nitrogens with zero attached hydrogens (tertiary/aromatic N) is 2. The fourth-order valence-electron chi connectivity index (χ4n) is 1.87. The lowest BCUT2D eigenvalue weighted by Gasteiger charge is -2.02. The van der Waals surface area contributed by atoms with Crippen LogP contribution in [0.2, 0.25) is 5.02 Å². The first-order valence-corrected chi connectivity index (χ1v) is 9.73. The molecule has 1 aromatic carbocycles. The fraction of sp³-hybridized carbons (Fsp3) is 0.375. The average molecular weight is 384 g/mol. The van der Waals surface area contributed by atoms with Crippen molar-refractivity contribution in [1.29, 1.82) is 0 Å². The number of hydrogen-bond acceptors (Lipinski definition) is 6. The van der Waals surface area contributed by atoms with Crippen LogP contribution in [0, 0.1) is 6.92 Å². The number of anilines is 1. The van der Waals surface area contributed by atoms with Gasteiger partial charge in [0, 0.05) is 17.0 Å². The molecule has 5 nitrogen and oxygen atoms in total. The molecule has 0 aliphatic carbocycles. The van der Waals surface area contributed by atoms with Crippen molar-refractivity contribution in [3.8, 4) is 0 Å². The summed E-state index contributed by atoms with van der Waals surface area (Å²) in [5.41, 5.74) is 1.50. The fourth-order valence-corrected chi connectivity index (χ4v) is 3.65. The highest BCUT2D eigenvalue weighted by atomic mass is 35.5. The summed E-state index contributed by atoms with van der Waals surface area (Å²) in [5.74, 6) is 0.209. The SMILES string of the molecule is CCCCC(=O)Nc1nnc(SCC(=O)c2ccc(Cl)c(C)c2)s1. The van der Waals surface area contributed by atoms with Crippen molar-refractivity contribution in [2.45, 2.75) is 37.4 Å². The van der Waals surface area contributed by atoms with Crippen molar-refractivity contribution in [3.05, 3.63) is 34.3 Å². The molecule has 1 heterocycles. The van der Waals surface area contributed by atoms with Gasteiger partial charge in [-0.15, -0.1) is 10.2 Å². The minimum Gasteiger partial charge on any atom is -0.301 e. The maximum Gasteiger partial charge on any atom is 0.226 e. The van der Waals surface area contributed by atoms with E-state index in [1.165, 1.54) is 23.1 Å². The first-order chi connectivity index (χ1) is 11.5. The van der Waals surface area contributed by atoms with Gasteiger partial charge in [-0.25, -0.2) is 0 Å². The van der Waals surface area contributed by atoms with Crippen LogP contribution in [0.1, 0.15) is 42.1 Å². The van der Waals surface area contributed by atoms with Gasteiger partial charge >= 0.3 is 0 Å². The molecule has 0 fully saturated rings. The molecule has 8 heteroatoms. The standard InChI is InChI=1S/C16H18ClN3O2S2/c1-3-4-5-14(22)18-15-19-20-16(24-15)23-9-13(21)11-6-7-12(17)10(2)8-11/h6-8H,3-5,9H2,1-2H3,(H,18,19,22). The van der Waals surface area contributed by atoms with Crippen LogP contribution in [0.5, 0.6) is 0 Å². The minimum absolute atomic E-state index is 0.00324. The molecule has 1 aromatic heterocycles. The van der Waals surface area contributed by atoms with Gasteiger partial charge in [-0.05, 0) is 37.1 Å². The van der Waals surface area contributed by atoms with Crippen molar-refractivity contribution in [1.82, 2.24) is 10.2 Å². The molecule has 1 amide bonds. The summed E-state index contributed by atoms with van der Waals surface area (Å²) in [6, 6.07) is 5.23. The van der Waals surface area contributed by atoms with Crippen LogP contribution in [0.25, 0.3) is 0 Å². The lowest BCUT2D eigenvalue weighted by atomic mass is 10.1. The Labute approximate surface area is 154 Å². The van der Waals surface area contributed by atoms with Crippen molar-refractivity contribution in [3.63, 3.8) is 0 Å². The van der Waals surface area contributed by atoms with Crippen LogP contribution in [0.3, 0.4) is 0 Å². The molecule has 0 aliphatic heterocycles. The maximum absolute atomic E-state index is 12.2. The second-order valence-corrected chi connectivity index (χ2v) is 7.81. The zero-order valence-corrected chi connectivity index (χ0v) is 15.9. The zero-order valence-electron chi connectivity index (χ0n) is 13.5. The molecule has 0 atom stereocenters. The van der Waals surface area contributed by atoms with Gasteiger partial charge in [0.15, 0.2) is 10.1 Å². The van der Waals surface area contributed by atoms with Gasteiger partial charge in [-0.1, -0.05) is 48.0 Å². The number of rotatable bonds is 8. The highest BCUT2D eigenvalue weighted by molar-refractivity contribution is 8.01. The molecule has 0 spiro atoms. The molecule has 0 saturated carbocycles. The second kappa shape index (κ2) is 9.15. The Morgan fingerprint density at radius 3 is 2.83 bits per heavy atom. The molecule has 0 bridgehead atoms. The molecule has 2 rings (SSSR count). The van der Waals surface area contributed by atoms with E-state index in [1.807, 2.05) is 13.8 Å². The van der Waals surface area contributed by atoms with Crippen LogP contribution in [-0.4, -0.2) is 27.6 Å². The third-order valence-electron chi connectivity index (χ3n) is 3.22. The van der Waals surface area contributed by atoms with Crippen LogP contribution < -0.4 is 5.32 Å². The normalized spacial score (nSPS) is 10.6. The van der Waals surface area contributed by atoms with E-state index in [0.29, 0.717) is 26.5 Å². The maximum atomic E-state index is 12.2. The number of aryl methyl sites for hydroxylation is 1. The second-order valence-electron chi connectivity index (χ2n) is 5.20. The lowest BCUT2D eigenvalue weighted by Crippen LogP contribution is -2.10. The van der Waals surface area contributed by atoms with Gasteiger partial charge < -0.3 is 5.32 Å². The molecule has 2 aromatic rings. The van der Waals surface area contributed by atoms with E-state index in [-0.39, 0.29) is 17.4 Å². The number of carbonyl (C=O) groups is 2. The van der Waals surface area contributed by atoms with E-state index >= 15 is 0 Å². The number of unbranched alkanes of at least 4 members (excludes halogenated alkanes) is 1. The van der Waals surface area contributed by atoms with Gasteiger partial charge in [-0.3, -0.25) is 9.59 Å². The summed E-state index contributed by atoms with van der Waals surface area (Å²) in [4.78, 5) is 23.9. The lowest BCUT2D eigenvalue weighted by molar-refractivity contribution is -0.116. The number of carbonyl (C=O) groups excluding carboxylic acids is 2. The quantitative estimate of drug-likeness (QED) is 0.409. The van der Waals surface area contributed by atoms with Gasteiger partial charge in [0.1, 0.15) is 0 Å². The van der Waals surface area contributed by atoms with E-state index in [4.69, 9.17) is 11.6 Å². The van der Waals surface area contributed by atoms with Crippen molar-refractivity contribution in [2.75, 3.05) is 11.1 Å². The molecule has 24 heavy (non-hydrogen) atoms. The number of halogens is 1. The van der Waals surface area contributed by atoms with Crippen molar-refractivity contribution >= 4 is 51.5 Å². The van der Waals surface area contributed by atoms with Gasteiger partial charge in [-0.2, -0.15) is 0 Å². The third kappa shape index (κ3) is 5.58. The number of nitrogens with one attached hydrogen (secondary N) is 1. The van der Waals surface area contributed by atoms with Crippen LogP contribution in [-0.2, 0) is 4.79 Å². The summed E-state index contributed by atoms with van der Waals surface area (Å²) < 4.78 is 0.653.